The van der Waals surface area contributed by atoms with E-state index in [0.717, 1.165) is 26.2 Å². The normalized spacial score (nSPS) is 25.9. The Bertz CT molecular complexity index is 166. The molecule has 0 aromatic heterocycles. The Morgan fingerprint density at radius 3 is 2.86 bits per heavy atom. The molecule has 1 fully saturated rings. The molecule has 0 amide bonds. The van der Waals surface area contributed by atoms with Crippen molar-refractivity contribution in [3.05, 3.63) is 0 Å². The Morgan fingerprint density at radius 2 is 2.36 bits per heavy atom. The van der Waals surface area contributed by atoms with Crippen LogP contribution in [0, 0.1) is 0 Å². The zero-order valence-electron chi connectivity index (χ0n) is 9.69. The zero-order chi connectivity index (χ0) is 10.6. The fraction of sp³-hybridized carbons (Fsp3) is 1.00. The number of methoxy groups -OCH3 is 1. The Kier molecular flexibility index (Phi) is 4.81. The summed E-state index contributed by atoms with van der Waals surface area (Å²) in [6.07, 6.45) is 0.468. The lowest BCUT2D eigenvalue weighted by molar-refractivity contribution is -0.0144. The van der Waals surface area contributed by atoms with Gasteiger partial charge in [0, 0.05) is 26.7 Å². The van der Waals surface area contributed by atoms with Gasteiger partial charge in [-0.15, -0.1) is 0 Å². The highest BCUT2D eigenvalue weighted by Gasteiger charge is 2.21. The van der Waals surface area contributed by atoms with E-state index in [2.05, 4.69) is 30.7 Å². The summed E-state index contributed by atoms with van der Waals surface area (Å²) in [5.74, 6) is 0. The molecule has 1 aliphatic rings. The van der Waals surface area contributed by atoms with Gasteiger partial charge >= 0.3 is 0 Å². The van der Waals surface area contributed by atoms with Gasteiger partial charge in [0.15, 0.2) is 0 Å². The van der Waals surface area contributed by atoms with E-state index in [4.69, 9.17) is 9.47 Å². The largest absolute Gasteiger partial charge is 0.367 e. The summed E-state index contributed by atoms with van der Waals surface area (Å²) in [5, 5.41) is 0. The molecule has 0 spiro atoms. The number of likely N-dealkylation sites (N-methyl/N-ethyl adjacent to an activating group) is 1. The fourth-order valence-corrected chi connectivity index (χ4v) is 1.57. The van der Waals surface area contributed by atoms with Gasteiger partial charge in [-0.2, -0.15) is 0 Å². The van der Waals surface area contributed by atoms with Crippen LogP contribution in [0.2, 0.25) is 0 Å². The van der Waals surface area contributed by atoms with Crippen LogP contribution in [0.25, 0.3) is 0 Å². The minimum atomic E-state index is 0.189. The van der Waals surface area contributed by atoms with E-state index in [1.807, 2.05) is 0 Å². The molecule has 14 heavy (non-hydrogen) atoms. The highest BCUT2D eigenvalue weighted by atomic mass is 16.5. The summed E-state index contributed by atoms with van der Waals surface area (Å²) >= 11 is 0. The predicted octanol–water partition coefficient (Wildman–Crippen LogP) is 0.589. The summed E-state index contributed by atoms with van der Waals surface area (Å²) < 4.78 is 10.7. The van der Waals surface area contributed by atoms with Gasteiger partial charge in [0.2, 0.25) is 0 Å². The Hall–Kier alpha value is -0.160. The van der Waals surface area contributed by atoms with Gasteiger partial charge in [-0.1, -0.05) is 0 Å². The monoisotopic (exact) mass is 202 g/mol. The van der Waals surface area contributed by atoms with Crippen LogP contribution in [0.5, 0.6) is 0 Å². The molecule has 0 radical (unpaired) electrons. The van der Waals surface area contributed by atoms with Crippen LogP contribution in [-0.4, -0.2) is 62.7 Å². The first-order chi connectivity index (χ1) is 6.65. The van der Waals surface area contributed by atoms with Crippen LogP contribution in [0.4, 0.5) is 0 Å². The molecule has 4 nitrogen and oxygen atoms in total. The third-order valence-corrected chi connectivity index (χ3v) is 2.95. The molecule has 2 unspecified atom stereocenters. The lowest BCUT2D eigenvalue weighted by atomic mass is 10.4. The maximum atomic E-state index is 5.46. The molecule has 84 valence electrons. The van der Waals surface area contributed by atoms with Crippen molar-refractivity contribution in [1.29, 1.82) is 0 Å². The lowest BCUT2D eigenvalue weighted by Crippen LogP contribution is -2.39. The first-order valence-corrected chi connectivity index (χ1v) is 5.24. The van der Waals surface area contributed by atoms with Crippen molar-refractivity contribution in [2.75, 3.05) is 40.4 Å². The van der Waals surface area contributed by atoms with Crippen molar-refractivity contribution in [2.45, 2.75) is 26.3 Å². The number of hydrogen-bond acceptors (Lipinski definition) is 4. The van der Waals surface area contributed by atoms with Crippen molar-refractivity contribution in [1.82, 2.24) is 9.80 Å². The minimum Gasteiger partial charge on any atom is -0.367 e. The molecule has 0 aliphatic carbocycles. The van der Waals surface area contributed by atoms with E-state index in [-0.39, 0.29) is 12.5 Å². The topological polar surface area (TPSA) is 24.9 Å². The predicted molar refractivity (Wildman–Crippen MR) is 56.1 cm³/mol. The van der Waals surface area contributed by atoms with E-state index in [0.29, 0.717) is 0 Å². The van der Waals surface area contributed by atoms with Crippen LogP contribution in [0.3, 0.4) is 0 Å². The molecule has 2 atom stereocenters. The molecule has 0 aromatic rings. The molecule has 1 heterocycles. The summed E-state index contributed by atoms with van der Waals surface area (Å²) in [6, 6.07) is 0. The smallest absolute Gasteiger partial charge is 0.107 e. The molecule has 1 saturated heterocycles. The van der Waals surface area contributed by atoms with Gasteiger partial charge in [0.05, 0.1) is 6.61 Å². The SMILES string of the molecule is COC(C)N(C)CCN1CCOC1C. The molecular weight excluding hydrogens is 180 g/mol. The van der Waals surface area contributed by atoms with Crippen LogP contribution in [0.1, 0.15) is 13.8 Å². The van der Waals surface area contributed by atoms with Crippen molar-refractivity contribution < 1.29 is 9.47 Å². The average molecular weight is 202 g/mol. The maximum Gasteiger partial charge on any atom is 0.107 e. The van der Waals surface area contributed by atoms with Gasteiger partial charge in [0.25, 0.3) is 0 Å². The summed E-state index contributed by atoms with van der Waals surface area (Å²) in [5.41, 5.74) is 0. The number of nitrogens with zero attached hydrogens (tertiary/aromatic N) is 2. The second kappa shape index (κ2) is 5.66. The van der Waals surface area contributed by atoms with E-state index < -0.39 is 0 Å². The third-order valence-electron chi connectivity index (χ3n) is 2.95. The molecule has 1 aliphatic heterocycles. The molecule has 4 heteroatoms. The van der Waals surface area contributed by atoms with E-state index in [1.54, 1.807) is 7.11 Å². The minimum absolute atomic E-state index is 0.189. The highest BCUT2D eigenvalue weighted by Crippen LogP contribution is 2.08. The van der Waals surface area contributed by atoms with Crippen molar-refractivity contribution in [3.63, 3.8) is 0 Å². The molecular formula is C10H22N2O2. The highest BCUT2D eigenvalue weighted by molar-refractivity contribution is 4.67. The first kappa shape index (κ1) is 11.9. The van der Waals surface area contributed by atoms with Gasteiger partial charge in [-0.05, 0) is 20.9 Å². The van der Waals surface area contributed by atoms with Crippen molar-refractivity contribution in [3.8, 4) is 0 Å². The zero-order valence-corrected chi connectivity index (χ0v) is 9.69. The molecule has 0 saturated carbocycles. The molecule has 0 bridgehead atoms. The quantitative estimate of drug-likeness (QED) is 0.609. The van der Waals surface area contributed by atoms with Crippen molar-refractivity contribution in [2.24, 2.45) is 0 Å². The summed E-state index contributed by atoms with van der Waals surface area (Å²) in [7, 11) is 3.82. The Balaban J connectivity index is 2.19. The second-order valence-corrected chi connectivity index (χ2v) is 3.82. The van der Waals surface area contributed by atoms with Crippen LogP contribution >= 0.6 is 0 Å². The first-order valence-electron chi connectivity index (χ1n) is 5.24. The van der Waals surface area contributed by atoms with E-state index in [1.165, 1.54) is 0 Å². The summed E-state index contributed by atoms with van der Waals surface area (Å²) in [6.45, 7) is 8.14. The maximum absolute atomic E-state index is 5.46. The van der Waals surface area contributed by atoms with Gasteiger partial charge in [-0.25, -0.2) is 0 Å². The summed E-state index contributed by atoms with van der Waals surface area (Å²) in [4.78, 5) is 4.55. The standard InChI is InChI=1S/C10H22N2O2/c1-9(13-4)11(3)5-6-12-7-8-14-10(12)2/h9-10H,5-8H2,1-4H3. The number of rotatable bonds is 5. The van der Waals surface area contributed by atoms with Crippen LogP contribution in [0.15, 0.2) is 0 Å². The number of ether oxygens (including phenoxy) is 2. The third kappa shape index (κ3) is 3.20. The fourth-order valence-electron chi connectivity index (χ4n) is 1.57. The molecule has 1 rings (SSSR count). The van der Waals surface area contributed by atoms with Gasteiger partial charge in [-0.3, -0.25) is 9.80 Å². The Morgan fingerprint density at radius 1 is 1.64 bits per heavy atom. The van der Waals surface area contributed by atoms with E-state index >= 15 is 0 Å². The second-order valence-electron chi connectivity index (χ2n) is 3.82. The van der Waals surface area contributed by atoms with Gasteiger partial charge < -0.3 is 9.47 Å². The van der Waals surface area contributed by atoms with Crippen molar-refractivity contribution >= 4 is 0 Å². The van der Waals surface area contributed by atoms with Crippen LogP contribution < -0.4 is 0 Å². The van der Waals surface area contributed by atoms with Gasteiger partial charge in [0.1, 0.15) is 12.5 Å². The average Bonchev–Trinajstić information content (AvgIpc) is 2.59. The number of hydrogen-bond donors (Lipinski definition) is 0. The molecule has 0 N–H and O–H groups in total. The lowest BCUT2D eigenvalue weighted by Gasteiger charge is -2.26. The van der Waals surface area contributed by atoms with E-state index in [9.17, 15) is 0 Å². The van der Waals surface area contributed by atoms with Crippen LogP contribution in [-0.2, 0) is 9.47 Å². The molecule has 0 aromatic carbocycles. The Labute approximate surface area is 86.8 Å².